The van der Waals surface area contributed by atoms with Crippen LogP contribution in [0.25, 0.3) is 6.08 Å². The lowest BCUT2D eigenvalue weighted by Crippen LogP contribution is -2.44. The number of ether oxygens (including phenoxy) is 1. The molecule has 0 amide bonds. The van der Waals surface area contributed by atoms with Gasteiger partial charge in [0.15, 0.2) is 0 Å². The predicted molar refractivity (Wildman–Crippen MR) is 107 cm³/mol. The lowest BCUT2D eigenvalue weighted by atomic mass is 9.67. The van der Waals surface area contributed by atoms with Crippen LogP contribution in [0.1, 0.15) is 30.4 Å². The van der Waals surface area contributed by atoms with Crippen molar-refractivity contribution >= 4 is 6.08 Å². The Labute approximate surface area is 156 Å². The van der Waals surface area contributed by atoms with Crippen molar-refractivity contribution in [1.29, 1.82) is 0 Å². The van der Waals surface area contributed by atoms with Crippen LogP contribution in [-0.2, 0) is 5.60 Å². The zero-order valence-corrected chi connectivity index (χ0v) is 16.0. The third kappa shape index (κ3) is 3.84. The molecular weight excluding hydrogens is 322 g/mol. The van der Waals surface area contributed by atoms with E-state index in [1.807, 2.05) is 42.5 Å². The molecule has 2 atom stereocenters. The molecule has 1 fully saturated rings. The molecular formula is C23H29NO2. The van der Waals surface area contributed by atoms with Crippen molar-refractivity contribution < 1.29 is 9.84 Å². The normalized spacial score (nSPS) is 24.8. The SMILES string of the molecule is COc1ccc(/C=C2\CCCC(CN(C)C)C2(O)c2ccccc2)cc1. The molecule has 0 bridgehead atoms. The van der Waals surface area contributed by atoms with Gasteiger partial charge in [-0.25, -0.2) is 0 Å². The zero-order chi connectivity index (χ0) is 18.6. The van der Waals surface area contributed by atoms with E-state index >= 15 is 0 Å². The molecule has 0 aromatic heterocycles. The van der Waals surface area contributed by atoms with E-state index in [-0.39, 0.29) is 5.92 Å². The standard InChI is InChI=1S/C23H29NO2/c1-24(2)17-21-11-7-10-20(16-18-12-14-22(26-3)15-13-18)23(21,25)19-8-5-4-6-9-19/h4-6,8-9,12-16,21,25H,7,10-11,17H2,1-3H3/b20-16+. The highest BCUT2D eigenvalue weighted by molar-refractivity contribution is 5.58. The highest BCUT2D eigenvalue weighted by Crippen LogP contribution is 2.46. The van der Waals surface area contributed by atoms with Gasteiger partial charge >= 0.3 is 0 Å². The fourth-order valence-corrected chi connectivity index (χ4v) is 4.06. The number of hydrogen-bond donors (Lipinski definition) is 1. The molecule has 0 saturated heterocycles. The third-order valence-corrected chi connectivity index (χ3v) is 5.34. The molecule has 2 unspecified atom stereocenters. The van der Waals surface area contributed by atoms with Gasteiger partial charge in [-0.15, -0.1) is 0 Å². The van der Waals surface area contributed by atoms with Crippen molar-refractivity contribution in [3.05, 3.63) is 71.3 Å². The van der Waals surface area contributed by atoms with E-state index in [1.54, 1.807) is 7.11 Å². The van der Waals surface area contributed by atoms with Crippen LogP contribution < -0.4 is 4.74 Å². The number of methoxy groups -OCH3 is 1. The van der Waals surface area contributed by atoms with Gasteiger partial charge in [0, 0.05) is 12.5 Å². The average Bonchev–Trinajstić information content (AvgIpc) is 2.66. The monoisotopic (exact) mass is 351 g/mol. The quantitative estimate of drug-likeness (QED) is 0.870. The maximum Gasteiger partial charge on any atom is 0.118 e. The van der Waals surface area contributed by atoms with E-state index in [0.29, 0.717) is 0 Å². The van der Waals surface area contributed by atoms with Crippen molar-refractivity contribution in [3.8, 4) is 5.75 Å². The van der Waals surface area contributed by atoms with E-state index < -0.39 is 5.60 Å². The topological polar surface area (TPSA) is 32.7 Å². The summed E-state index contributed by atoms with van der Waals surface area (Å²) in [4.78, 5) is 2.18. The molecule has 3 nitrogen and oxygen atoms in total. The summed E-state index contributed by atoms with van der Waals surface area (Å²) in [5, 5.41) is 12.0. The minimum Gasteiger partial charge on any atom is -0.497 e. The molecule has 3 heteroatoms. The largest absolute Gasteiger partial charge is 0.497 e. The Morgan fingerprint density at radius 3 is 2.42 bits per heavy atom. The van der Waals surface area contributed by atoms with Crippen LogP contribution in [0, 0.1) is 5.92 Å². The number of benzene rings is 2. The Balaban J connectivity index is 2.04. The summed E-state index contributed by atoms with van der Waals surface area (Å²) in [5.41, 5.74) is 2.27. The highest BCUT2D eigenvalue weighted by Gasteiger charge is 2.43. The van der Waals surface area contributed by atoms with Gasteiger partial charge in [-0.2, -0.15) is 0 Å². The lowest BCUT2D eigenvalue weighted by Gasteiger charge is -2.44. The van der Waals surface area contributed by atoms with Crippen molar-refractivity contribution in [3.63, 3.8) is 0 Å². The summed E-state index contributed by atoms with van der Waals surface area (Å²) in [6.07, 6.45) is 5.22. The van der Waals surface area contributed by atoms with E-state index in [4.69, 9.17) is 4.74 Å². The summed E-state index contributed by atoms with van der Waals surface area (Å²) >= 11 is 0. The number of hydrogen-bond acceptors (Lipinski definition) is 3. The van der Waals surface area contributed by atoms with Gasteiger partial charge in [0.05, 0.1) is 7.11 Å². The van der Waals surface area contributed by atoms with Crippen molar-refractivity contribution in [1.82, 2.24) is 4.90 Å². The van der Waals surface area contributed by atoms with Crippen LogP contribution >= 0.6 is 0 Å². The first kappa shape index (κ1) is 18.7. The summed E-state index contributed by atoms with van der Waals surface area (Å²) in [5.74, 6) is 1.03. The smallest absolute Gasteiger partial charge is 0.118 e. The van der Waals surface area contributed by atoms with Gasteiger partial charge < -0.3 is 14.7 Å². The van der Waals surface area contributed by atoms with Crippen molar-refractivity contribution in [2.75, 3.05) is 27.7 Å². The molecule has 0 radical (unpaired) electrons. The molecule has 0 heterocycles. The molecule has 2 aromatic rings. The summed E-state index contributed by atoms with van der Waals surface area (Å²) in [7, 11) is 5.83. The Kier molecular flexibility index (Phi) is 5.80. The van der Waals surface area contributed by atoms with E-state index in [0.717, 1.165) is 48.3 Å². The molecule has 2 aromatic carbocycles. The van der Waals surface area contributed by atoms with E-state index in [9.17, 15) is 5.11 Å². The first-order valence-corrected chi connectivity index (χ1v) is 9.31. The molecule has 1 aliphatic rings. The van der Waals surface area contributed by atoms with Crippen LogP contribution in [0.5, 0.6) is 5.75 Å². The molecule has 26 heavy (non-hydrogen) atoms. The van der Waals surface area contributed by atoms with Crippen LogP contribution in [0.15, 0.2) is 60.2 Å². The number of nitrogens with zero attached hydrogens (tertiary/aromatic N) is 1. The summed E-state index contributed by atoms with van der Waals surface area (Å²) < 4.78 is 5.25. The van der Waals surface area contributed by atoms with Crippen LogP contribution in [0.4, 0.5) is 0 Å². The minimum absolute atomic E-state index is 0.179. The maximum atomic E-state index is 12.0. The van der Waals surface area contributed by atoms with Gasteiger partial charge in [-0.05, 0) is 62.2 Å². The van der Waals surface area contributed by atoms with E-state index in [1.165, 1.54) is 0 Å². The van der Waals surface area contributed by atoms with Crippen molar-refractivity contribution in [2.45, 2.75) is 24.9 Å². The van der Waals surface area contributed by atoms with Gasteiger partial charge in [0.1, 0.15) is 11.4 Å². The molecule has 1 aliphatic carbocycles. The Morgan fingerprint density at radius 2 is 1.81 bits per heavy atom. The first-order chi connectivity index (χ1) is 12.5. The molecule has 0 spiro atoms. The maximum absolute atomic E-state index is 12.0. The van der Waals surface area contributed by atoms with Gasteiger partial charge in [-0.1, -0.05) is 48.5 Å². The second kappa shape index (κ2) is 8.07. The van der Waals surface area contributed by atoms with Gasteiger partial charge in [-0.3, -0.25) is 0 Å². The van der Waals surface area contributed by atoms with E-state index in [2.05, 4.69) is 37.2 Å². The predicted octanol–water partition coefficient (Wildman–Crippen LogP) is 4.33. The first-order valence-electron chi connectivity index (χ1n) is 9.31. The third-order valence-electron chi connectivity index (χ3n) is 5.34. The lowest BCUT2D eigenvalue weighted by molar-refractivity contribution is -0.0174. The Morgan fingerprint density at radius 1 is 1.12 bits per heavy atom. The fraction of sp³-hybridized carbons (Fsp3) is 0.391. The van der Waals surface area contributed by atoms with Crippen LogP contribution in [0.2, 0.25) is 0 Å². The second-order valence-corrected chi connectivity index (χ2v) is 7.43. The van der Waals surface area contributed by atoms with Crippen LogP contribution in [-0.4, -0.2) is 37.8 Å². The highest BCUT2D eigenvalue weighted by atomic mass is 16.5. The average molecular weight is 351 g/mol. The fourth-order valence-electron chi connectivity index (χ4n) is 4.06. The molecule has 1 saturated carbocycles. The van der Waals surface area contributed by atoms with Gasteiger partial charge in [0.25, 0.3) is 0 Å². The Bertz CT molecular complexity index is 737. The van der Waals surface area contributed by atoms with Crippen LogP contribution in [0.3, 0.4) is 0 Å². The Hall–Kier alpha value is -2.10. The summed E-state index contributed by atoms with van der Waals surface area (Å²) in [6, 6.07) is 18.2. The zero-order valence-electron chi connectivity index (χ0n) is 16.0. The molecule has 0 aliphatic heterocycles. The molecule has 1 N–H and O–H groups in total. The summed E-state index contributed by atoms with van der Waals surface area (Å²) in [6.45, 7) is 0.866. The minimum atomic E-state index is -0.927. The number of aliphatic hydroxyl groups is 1. The second-order valence-electron chi connectivity index (χ2n) is 7.43. The number of rotatable bonds is 5. The molecule has 138 valence electrons. The van der Waals surface area contributed by atoms with Gasteiger partial charge in [0.2, 0.25) is 0 Å². The molecule has 3 rings (SSSR count). The van der Waals surface area contributed by atoms with Crippen molar-refractivity contribution in [2.24, 2.45) is 5.92 Å².